The number of ether oxygens (including phenoxy) is 1. The zero-order valence-corrected chi connectivity index (χ0v) is 16.0. The molecule has 2 aromatic rings. The maximum atomic E-state index is 12.6. The van der Waals surface area contributed by atoms with Crippen LogP contribution >= 0.6 is 0 Å². The number of aryl methyl sites for hydroxylation is 1. The highest BCUT2D eigenvalue weighted by Gasteiger charge is 2.36. The topological polar surface area (TPSA) is 84.5 Å². The van der Waals surface area contributed by atoms with Crippen LogP contribution in [0.25, 0.3) is 0 Å². The second kappa shape index (κ2) is 8.49. The number of anilines is 2. The minimum Gasteiger partial charge on any atom is -0.462 e. The van der Waals surface area contributed by atoms with Gasteiger partial charge in [0.1, 0.15) is 5.41 Å². The summed E-state index contributed by atoms with van der Waals surface area (Å²) >= 11 is 0. The third kappa shape index (κ3) is 4.94. The van der Waals surface area contributed by atoms with Gasteiger partial charge in [-0.05, 0) is 63.6 Å². The van der Waals surface area contributed by atoms with Gasteiger partial charge in [0.15, 0.2) is 0 Å². The molecule has 0 spiro atoms. The van der Waals surface area contributed by atoms with E-state index in [2.05, 4.69) is 10.6 Å². The highest BCUT2D eigenvalue weighted by molar-refractivity contribution is 6.14. The van der Waals surface area contributed by atoms with Crippen molar-refractivity contribution in [3.8, 4) is 0 Å². The molecule has 0 bridgehead atoms. The average Bonchev–Trinajstić information content (AvgIpc) is 2.64. The predicted molar refractivity (Wildman–Crippen MR) is 105 cm³/mol. The number of amides is 2. The van der Waals surface area contributed by atoms with Crippen LogP contribution in [-0.2, 0) is 14.3 Å². The molecule has 27 heavy (non-hydrogen) atoms. The van der Waals surface area contributed by atoms with Crippen molar-refractivity contribution in [2.45, 2.75) is 27.7 Å². The first-order valence-electron chi connectivity index (χ1n) is 8.71. The molecule has 0 aliphatic carbocycles. The summed E-state index contributed by atoms with van der Waals surface area (Å²) in [7, 11) is 0. The lowest BCUT2D eigenvalue weighted by molar-refractivity contribution is -0.135. The van der Waals surface area contributed by atoms with Crippen LogP contribution in [0.2, 0.25) is 0 Å². The third-order valence-electron chi connectivity index (χ3n) is 4.18. The van der Waals surface area contributed by atoms with Crippen molar-refractivity contribution in [1.82, 2.24) is 0 Å². The van der Waals surface area contributed by atoms with Crippen molar-refractivity contribution < 1.29 is 19.1 Å². The van der Waals surface area contributed by atoms with Gasteiger partial charge in [0, 0.05) is 11.4 Å². The van der Waals surface area contributed by atoms with Crippen molar-refractivity contribution in [2.24, 2.45) is 5.41 Å². The molecule has 0 heterocycles. The van der Waals surface area contributed by atoms with E-state index in [1.807, 2.05) is 25.1 Å². The molecule has 142 valence electrons. The Balaban J connectivity index is 2.06. The van der Waals surface area contributed by atoms with Gasteiger partial charge in [-0.25, -0.2) is 4.79 Å². The van der Waals surface area contributed by atoms with Crippen LogP contribution in [0.1, 0.15) is 36.7 Å². The summed E-state index contributed by atoms with van der Waals surface area (Å²) in [5.41, 5.74) is 1.18. The minimum atomic E-state index is -1.29. The predicted octanol–water partition coefficient (Wildman–Crippen LogP) is 3.78. The van der Waals surface area contributed by atoms with Crippen molar-refractivity contribution in [3.63, 3.8) is 0 Å². The summed E-state index contributed by atoms with van der Waals surface area (Å²) in [5, 5.41) is 5.50. The zero-order valence-electron chi connectivity index (χ0n) is 16.0. The van der Waals surface area contributed by atoms with Crippen LogP contribution in [0.3, 0.4) is 0 Å². The smallest absolute Gasteiger partial charge is 0.338 e. The molecule has 0 saturated heterocycles. The van der Waals surface area contributed by atoms with Gasteiger partial charge in [-0.15, -0.1) is 0 Å². The molecule has 2 amide bonds. The molecular formula is C21H24N2O4. The van der Waals surface area contributed by atoms with Crippen LogP contribution < -0.4 is 10.6 Å². The number of hydrogen-bond acceptors (Lipinski definition) is 4. The Morgan fingerprint density at radius 2 is 1.52 bits per heavy atom. The number of rotatable bonds is 6. The number of carbonyl (C=O) groups is 3. The Morgan fingerprint density at radius 1 is 0.926 bits per heavy atom. The van der Waals surface area contributed by atoms with E-state index < -0.39 is 23.2 Å². The summed E-state index contributed by atoms with van der Waals surface area (Å²) in [6, 6.07) is 13.7. The first kappa shape index (κ1) is 20.2. The molecule has 0 saturated carbocycles. The van der Waals surface area contributed by atoms with E-state index in [4.69, 9.17) is 4.74 Å². The molecule has 0 aliphatic heterocycles. The van der Waals surface area contributed by atoms with E-state index in [0.717, 1.165) is 5.56 Å². The molecular weight excluding hydrogens is 344 g/mol. The average molecular weight is 368 g/mol. The van der Waals surface area contributed by atoms with Gasteiger partial charge in [0.25, 0.3) is 0 Å². The molecule has 0 radical (unpaired) electrons. The Labute approximate surface area is 158 Å². The standard InChI is InChI=1S/C21H24N2O4/c1-5-27-18(24)15-10-12-16(13-11-15)22-19(25)21(3,4)20(26)23-17-9-7-6-8-14(17)2/h6-13H,5H2,1-4H3,(H,22,25)(H,23,26). The van der Waals surface area contributed by atoms with E-state index in [1.165, 1.54) is 0 Å². The van der Waals surface area contributed by atoms with E-state index >= 15 is 0 Å². The summed E-state index contributed by atoms with van der Waals surface area (Å²) in [6.45, 7) is 7.03. The molecule has 0 atom stereocenters. The van der Waals surface area contributed by atoms with Crippen molar-refractivity contribution in [1.29, 1.82) is 0 Å². The van der Waals surface area contributed by atoms with Crippen LogP contribution in [0.5, 0.6) is 0 Å². The lowest BCUT2D eigenvalue weighted by Crippen LogP contribution is -2.41. The first-order valence-corrected chi connectivity index (χ1v) is 8.71. The van der Waals surface area contributed by atoms with Crippen LogP contribution in [0.4, 0.5) is 11.4 Å². The highest BCUT2D eigenvalue weighted by Crippen LogP contribution is 2.23. The SMILES string of the molecule is CCOC(=O)c1ccc(NC(=O)C(C)(C)C(=O)Nc2ccccc2C)cc1. The fourth-order valence-electron chi connectivity index (χ4n) is 2.29. The lowest BCUT2D eigenvalue weighted by atomic mass is 9.90. The van der Waals surface area contributed by atoms with Crippen LogP contribution in [-0.4, -0.2) is 24.4 Å². The van der Waals surface area contributed by atoms with Crippen LogP contribution in [0, 0.1) is 12.3 Å². The van der Waals surface area contributed by atoms with E-state index in [9.17, 15) is 14.4 Å². The summed E-state index contributed by atoms with van der Waals surface area (Å²) in [4.78, 5) is 36.9. The Hall–Kier alpha value is -3.15. The molecule has 0 fully saturated rings. The zero-order chi connectivity index (χ0) is 20.0. The minimum absolute atomic E-state index is 0.293. The Morgan fingerprint density at radius 3 is 2.11 bits per heavy atom. The molecule has 2 N–H and O–H groups in total. The molecule has 0 aliphatic rings. The van der Waals surface area contributed by atoms with Crippen molar-refractivity contribution >= 4 is 29.2 Å². The summed E-state index contributed by atoms with van der Waals surface area (Å²) < 4.78 is 4.92. The van der Waals surface area contributed by atoms with E-state index in [0.29, 0.717) is 23.5 Å². The van der Waals surface area contributed by atoms with Gasteiger partial charge in [0.2, 0.25) is 11.8 Å². The fraction of sp³-hybridized carbons (Fsp3) is 0.286. The number of hydrogen-bond donors (Lipinski definition) is 2. The number of para-hydroxylation sites is 1. The lowest BCUT2D eigenvalue weighted by Gasteiger charge is -2.23. The van der Waals surface area contributed by atoms with Gasteiger partial charge in [-0.2, -0.15) is 0 Å². The first-order chi connectivity index (χ1) is 12.8. The molecule has 0 unspecified atom stereocenters. The van der Waals surface area contributed by atoms with Gasteiger partial charge >= 0.3 is 5.97 Å². The van der Waals surface area contributed by atoms with Gasteiger partial charge in [0.05, 0.1) is 12.2 Å². The number of carbonyl (C=O) groups excluding carboxylic acids is 3. The van der Waals surface area contributed by atoms with Crippen molar-refractivity contribution in [3.05, 3.63) is 59.7 Å². The highest BCUT2D eigenvalue weighted by atomic mass is 16.5. The van der Waals surface area contributed by atoms with E-state index in [-0.39, 0.29) is 0 Å². The van der Waals surface area contributed by atoms with E-state index in [1.54, 1.807) is 51.1 Å². The monoisotopic (exact) mass is 368 g/mol. The van der Waals surface area contributed by atoms with Crippen LogP contribution in [0.15, 0.2) is 48.5 Å². The quantitative estimate of drug-likeness (QED) is 0.600. The third-order valence-corrected chi connectivity index (χ3v) is 4.18. The van der Waals surface area contributed by atoms with Gasteiger partial charge in [-0.1, -0.05) is 18.2 Å². The molecule has 0 aromatic heterocycles. The Bertz CT molecular complexity index is 842. The summed E-state index contributed by atoms with van der Waals surface area (Å²) in [5.74, 6) is -1.27. The Kier molecular flexibility index (Phi) is 6.34. The van der Waals surface area contributed by atoms with Crippen molar-refractivity contribution in [2.75, 3.05) is 17.2 Å². The molecule has 2 aromatic carbocycles. The van der Waals surface area contributed by atoms with Gasteiger partial charge in [-0.3, -0.25) is 9.59 Å². The second-order valence-corrected chi connectivity index (χ2v) is 6.65. The normalized spacial score (nSPS) is 10.8. The fourth-order valence-corrected chi connectivity index (χ4v) is 2.29. The second-order valence-electron chi connectivity index (χ2n) is 6.65. The number of nitrogens with one attached hydrogen (secondary N) is 2. The molecule has 2 rings (SSSR count). The number of esters is 1. The van der Waals surface area contributed by atoms with Gasteiger partial charge < -0.3 is 15.4 Å². The maximum Gasteiger partial charge on any atom is 0.338 e. The number of benzene rings is 2. The maximum absolute atomic E-state index is 12.6. The summed E-state index contributed by atoms with van der Waals surface area (Å²) in [6.07, 6.45) is 0. The molecule has 6 heteroatoms. The molecule has 6 nitrogen and oxygen atoms in total. The largest absolute Gasteiger partial charge is 0.462 e.